The van der Waals surface area contributed by atoms with Crippen molar-refractivity contribution in [2.24, 2.45) is 0 Å². The number of ether oxygens (including phenoxy) is 1. The van der Waals surface area contributed by atoms with Gasteiger partial charge in [0, 0.05) is 6.42 Å². The summed E-state index contributed by atoms with van der Waals surface area (Å²) in [5.74, 6) is -0.0304. The van der Waals surface area contributed by atoms with Gasteiger partial charge in [0.2, 0.25) is 0 Å². The molecule has 3 heteroatoms. The van der Waals surface area contributed by atoms with E-state index in [0.29, 0.717) is 13.0 Å². The Bertz CT molecular complexity index is 232. The maximum absolute atomic E-state index is 11.2. The molecule has 0 atom stereocenters. The number of unbranched alkanes of at least 4 members (excludes halogenated alkanes) is 14. The first kappa shape index (κ1) is 25.5. The average Bonchev–Trinajstić information content (AvgIpc) is 2.51. The van der Waals surface area contributed by atoms with Crippen LogP contribution >= 0.6 is 0 Å². The summed E-state index contributed by atoms with van der Waals surface area (Å²) in [5, 5.41) is 0. The van der Waals surface area contributed by atoms with Gasteiger partial charge in [0.05, 0.1) is 6.61 Å². The molecule has 0 rings (SSSR count). The lowest BCUT2D eigenvalue weighted by Gasteiger charge is -2.03. The molecular weight excluding hydrogens is 297 g/mol. The standard InChI is InChI=1S/C20H40O2.Mg.2H/c1-3-5-6-7-8-9-10-11-12-13-14-15-16-17-18-19-20(21)22-4-2;;;/h3-19H2,1-2H3;;;. The summed E-state index contributed by atoms with van der Waals surface area (Å²) in [6.07, 6.45) is 21.0. The van der Waals surface area contributed by atoms with Crippen molar-refractivity contribution in [3.63, 3.8) is 0 Å². The Kier molecular flexibility index (Phi) is 24.6. The Morgan fingerprint density at radius 1 is 0.609 bits per heavy atom. The Balaban J connectivity index is 0. The third-order valence-electron chi connectivity index (χ3n) is 4.29. The number of esters is 1. The molecule has 0 amide bonds. The molecule has 0 saturated carbocycles. The van der Waals surface area contributed by atoms with Crippen molar-refractivity contribution >= 4 is 29.0 Å². The fraction of sp³-hybridized carbons (Fsp3) is 0.950. The van der Waals surface area contributed by atoms with E-state index in [1.807, 2.05) is 6.92 Å². The van der Waals surface area contributed by atoms with Gasteiger partial charge in [-0.15, -0.1) is 0 Å². The van der Waals surface area contributed by atoms with Crippen LogP contribution in [0.25, 0.3) is 0 Å². The van der Waals surface area contributed by atoms with Crippen LogP contribution in [0.4, 0.5) is 0 Å². The molecule has 0 aromatic heterocycles. The van der Waals surface area contributed by atoms with Crippen LogP contribution in [0.15, 0.2) is 0 Å². The number of hydrogen-bond donors (Lipinski definition) is 0. The highest BCUT2D eigenvalue weighted by molar-refractivity contribution is 5.75. The van der Waals surface area contributed by atoms with E-state index in [0.717, 1.165) is 6.42 Å². The highest BCUT2D eigenvalue weighted by atomic mass is 24.3. The molecule has 0 radical (unpaired) electrons. The maximum atomic E-state index is 11.2. The van der Waals surface area contributed by atoms with Gasteiger partial charge >= 0.3 is 29.0 Å². The van der Waals surface area contributed by atoms with Crippen molar-refractivity contribution < 1.29 is 9.53 Å². The predicted molar refractivity (Wildman–Crippen MR) is 105 cm³/mol. The minimum Gasteiger partial charge on any atom is -0.466 e. The summed E-state index contributed by atoms with van der Waals surface area (Å²) in [5.41, 5.74) is 0. The summed E-state index contributed by atoms with van der Waals surface area (Å²) >= 11 is 0. The van der Waals surface area contributed by atoms with Gasteiger partial charge in [-0.2, -0.15) is 0 Å². The van der Waals surface area contributed by atoms with E-state index in [9.17, 15) is 4.79 Å². The smallest absolute Gasteiger partial charge is 0.316 e. The molecule has 0 N–H and O–H groups in total. The minimum atomic E-state index is -0.0304. The van der Waals surface area contributed by atoms with Crippen LogP contribution in [0.3, 0.4) is 0 Å². The third-order valence-corrected chi connectivity index (χ3v) is 4.29. The Morgan fingerprint density at radius 3 is 1.30 bits per heavy atom. The van der Waals surface area contributed by atoms with Crippen LogP contribution in [-0.2, 0) is 9.53 Å². The zero-order valence-corrected chi connectivity index (χ0v) is 15.3. The van der Waals surface area contributed by atoms with E-state index < -0.39 is 0 Å². The molecule has 0 fully saturated rings. The van der Waals surface area contributed by atoms with Crippen molar-refractivity contribution in [2.45, 2.75) is 117 Å². The first-order valence-corrected chi connectivity index (χ1v) is 9.96. The summed E-state index contributed by atoms with van der Waals surface area (Å²) in [4.78, 5) is 11.2. The van der Waals surface area contributed by atoms with Crippen LogP contribution in [0, 0.1) is 0 Å². The molecule has 0 aromatic carbocycles. The van der Waals surface area contributed by atoms with E-state index in [1.54, 1.807) is 0 Å². The highest BCUT2D eigenvalue weighted by Crippen LogP contribution is 2.13. The van der Waals surface area contributed by atoms with Crippen molar-refractivity contribution in [1.82, 2.24) is 0 Å². The topological polar surface area (TPSA) is 26.3 Å². The number of hydrogen-bond acceptors (Lipinski definition) is 2. The minimum absolute atomic E-state index is 0. The molecule has 23 heavy (non-hydrogen) atoms. The normalized spacial score (nSPS) is 10.3. The predicted octanol–water partition coefficient (Wildman–Crippen LogP) is 5.89. The van der Waals surface area contributed by atoms with Crippen LogP contribution in [0.5, 0.6) is 0 Å². The molecule has 0 unspecified atom stereocenters. The van der Waals surface area contributed by atoms with E-state index in [2.05, 4.69) is 6.92 Å². The zero-order chi connectivity index (χ0) is 16.3. The number of carbonyl (C=O) groups excluding carboxylic acids is 1. The molecule has 0 saturated heterocycles. The molecule has 136 valence electrons. The number of carbonyl (C=O) groups is 1. The lowest BCUT2D eigenvalue weighted by atomic mass is 10.0. The molecule has 0 bridgehead atoms. The van der Waals surface area contributed by atoms with Crippen molar-refractivity contribution in [2.75, 3.05) is 6.61 Å². The maximum Gasteiger partial charge on any atom is 0.316 e. The average molecular weight is 339 g/mol. The molecule has 0 aliphatic heterocycles. The summed E-state index contributed by atoms with van der Waals surface area (Å²) in [7, 11) is 0. The second-order valence-electron chi connectivity index (χ2n) is 6.50. The number of rotatable bonds is 17. The van der Waals surface area contributed by atoms with Crippen LogP contribution in [-0.4, -0.2) is 35.6 Å². The van der Waals surface area contributed by atoms with Crippen LogP contribution < -0.4 is 0 Å². The second kappa shape index (κ2) is 22.2. The molecule has 0 aliphatic rings. The zero-order valence-electron chi connectivity index (χ0n) is 15.3. The molecule has 0 aromatic rings. The van der Waals surface area contributed by atoms with E-state index in [4.69, 9.17) is 4.74 Å². The molecule has 2 nitrogen and oxygen atoms in total. The second-order valence-corrected chi connectivity index (χ2v) is 6.50. The molecule has 0 spiro atoms. The fourth-order valence-electron chi connectivity index (χ4n) is 2.87. The van der Waals surface area contributed by atoms with Gasteiger partial charge in [-0.3, -0.25) is 4.79 Å². The van der Waals surface area contributed by atoms with E-state index >= 15 is 0 Å². The first-order chi connectivity index (χ1) is 10.8. The molecule has 0 aliphatic carbocycles. The third kappa shape index (κ3) is 22.2. The Labute approximate surface area is 161 Å². The van der Waals surface area contributed by atoms with Gasteiger partial charge in [-0.05, 0) is 13.3 Å². The van der Waals surface area contributed by atoms with Crippen molar-refractivity contribution in [3.8, 4) is 0 Å². The van der Waals surface area contributed by atoms with Gasteiger partial charge in [0.1, 0.15) is 0 Å². The summed E-state index contributed by atoms with van der Waals surface area (Å²) in [6, 6.07) is 0. The SMILES string of the molecule is CCCCCCCCCCCCCCCCCC(=O)OCC.[MgH2]. The van der Waals surface area contributed by atoms with Crippen molar-refractivity contribution in [3.05, 3.63) is 0 Å². The molecular formula is C20H42MgO2. The fourth-order valence-corrected chi connectivity index (χ4v) is 2.87. The highest BCUT2D eigenvalue weighted by Gasteiger charge is 2.00. The Morgan fingerprint density at radius 2 is 0.957 bits per heavy atom. The van der Waals surface area contributed by atoms with Gasteiger partial charge < -0.3 is 4.74 Å². The Hall–Kier alpha value is 0.236. The van der Waals surface area contributed by atoms with Gasteiger partial charge in [-0.1, -0.05) is 96.8 Å². The lowest BCUT2D eigenvalue weighted by molar-refractivity contribution is -0.143. The van der Waals surface area contributed by atoms with Crippen LogP contribution in [0.2, 0.25) is 0 Å². The largest absolute Gasteiger partial charge is 0.466 e. The first-order valence-electron chi connectivity index (χ1n) is 9.96. The van der Waals surface area contributed by atoms with Gasteiger partial charge in [-0.25, -0.2) is 0 Å². The van der Waals surface area contributed by atoms with Gasteiger partial charge in [0.25, 0.3) is 0 Å². The van der Waals surface area contributed by atoms with Crippen molar-refractivity contribution in [1.29, 1.82) is 0 Å². The van der Waals surface area contributed by atoms with E-state index in [-0.39, 0.29) is 29.0 Å². The van der Waals surface area contributed by atoms with E-state index in [1.165, 1.54) is 89.9 Å². The van der Waals surface area contributed by atoms with Crippen LogP contribution in [0.1, 0.15) is 117 Å². The lowest BCUT2D eigenvalue weighted by Crippen LogP contribution is -2.03. The summed E-state index contributed by atoms with van der Waals surface area (Å²) < 4.78 is 4.92. The summed E-state index contributed by atoms with van der Waals surface area (Å²) in [6.45, 7) is 4.66. The quantitative estimate of drug-likeness (QED) is 0.188. The monoisotopic (exact) mass is 338 g/mol. The molecule has 0 heterocycles. The van der Waals surface area contributed by atoms with Gasteiger partial charge in [0.15, 0.2) is 0 Å².